The number of amides is 2. The Morgan fingerprint density at radius 3 is 2.77 bits per heavy atom. The number of nitrogens with one attached hydrogen (secondary N) is 3. The number of methoxy groups -OCH3 is 2. The van der Waals surface area contributed by atoms with Gasteiger partial charge in [-0.05, 0) is 38.1 Å². The number of likely N-dealkylation sites (tertiary alicyclic amines) is 1. The molecule has 2 amide bonds. The van der Waals surface area contributed by atoms with Gasteiger partial charge in [-0.25, -0.2) is 14.8 Å². The Bertz CT molecular complexity index is 1030. The average Bonchev–Trinajstić information content (AvgIpc) is 3.18. The second-order valence-electron chi connectivity index (χ2n) is 7.41. The standard InChI is InChI=1S/C21H26N6O3.ClH/c1-27-9-8-13(23-21(28)24-14-4-7-19(30-3)22-12-14)10-18(27)20-25-16-6-5-15(29-2)11-17(16)26-20;/h4-7,11-13,18H,8-10H2,1-3H3,(H,25,26)(H2,23,24,28);1H/t13-,18-;/m1./s1. The highest BCUT2D eigenvalue weighted by molar-refractivity contribution is 5.89. The Morgan fingerprint density at radius 1 is 1.23 bits per heavy atom. The van der Waals surface area contributed by atoms with Gasteiger partial charge in [0.2, 0.25) is 5.88 Å². The number of halogens is 1. The number of rotatable bonds is 5. The molecule has 9 nitrogen and oxygen atoms in total. The first-order chi connectivity index (χ1) is 14.6. The number of aromatic nitrogens is 3. The van der Waals surface area contributed by atoms with E-state index in [9.17, 15) is 4.79 Å². The maximum atomic E-state index is 12.4. The predicted molar refractivity (Wildman–Crippen MR) is 121 cm³/mol. The van der Waals surface area contributed by atoms with E-state index >= 15 is 0 Å². The molecular formula is C21H27ClN6O3. The molecule has 10 heteroatoms. The second kappa shape index (κ2) is 9.84. The minimum atomic E-state index is -0.246. The Kier molecular flexibility index (Phi) is 7.19. The van der Waals surface area contributed by atoms with Gasteiger partial charge in [0.05, 0.1) is 43.2 Å². The summed E-state index contributed by atoms with van der Waals surface area (Å²) < 4.78 is 10.3. The van der Waals surface area contributed by atoms with Gasteiger partial charge in [0.1, 0.15) is 11.6 Å². The van der Waals surface area contributed by atoms with E-state index in [0.29, 0.717) is 11.6 Å². The monoisotopic (exact) mass is 446 g/mol. The lowest BCUT2D eigenvalue weighted by atomic mass is 9.97. The third kappa shape index (κ3) is 5.18. The fourth-order valence-electron chi connectivity index (χ4n) is 3.75. The second-order valence-corrected chi connectivity index (χ2v) is 7.41. The van der Waals surface area contributed by atoms with Gasteiger partial charge in [-0.2, -0.15) is 0 Å². The van der Waals surface area contributed by atoms with Gasteiger partial charge in [-0.3, -0.25) is 4.90 Å². The summed E-state index contributed by atoms with van der Waals surface area (Å²) in [5, 5.41) is 5.89. The average molecular weight is 447 g/mol. The van der Waals surface area contributed by atoms with Crippen molar-refractivity contribution in [2.45, 2.75) is 24.9 Å². The molecule has 3 aromatic rings. The number of ether oxygens (including phenoxy) is 2. The Labute approximate surface area is 186 Å². The molecule has 1 aliphatic heterocycles. The SMILES string of the molecule is COc1ccc2nc([C@H]3C[C@H](NC(=O)Nc4ccc(OC)nc4)CCN3C)[nH]c2c1.Cl. The molecule has 0 unspecified atom stereocenters. The van der Waals surface area contributed by atoms with E-state index in [1.165, 1.54) is 0 Å². The topological polar surface area (TPSA) is 104 Å². The van der Waals surface area contributed by atoms with E-state index in [1.54, 1.807) is 32.5 Å². The number of piperidine rings is 1. The van der Waals surface area contributed by atoms with Crippen LogP contribution in [0.1, 0.15) is 24.7 Å². The fourth-order valence-corrected chi connectivity index (χ4v) is 3.75. The van der Waals surface area contributed by atoms with Crippen LogP contribution in [0.25, 0.3) is 11.0 Å². The number of anilines is 1. The number of hydrogen-bond donors (Lipinski definition) is 3. The Morgan fingerprint density at radius 2 is 2.06 bits per heavy atom. The molecule has 31 heavy (non-hydrogen) atoms. The predicted octanol–water partition coefficient (Wildman–Crippen LogP) is 3.35. The normalized spacial score (nSPS) is 18.8. The summed E-state index contributed by atoms with van der Waals surface area (Å²) >= 11 is 0. The largest absolute Gasteiger partial charge is 0.497 e. The van der Waals surface area contributed by atoms with Gasteiger partial charge in [0.25, 0.3) is 0 Å². The molecule has 0 radical (unpaired) electrons. The highest BCUT2D eigenvalue weighted by atomic mass is 35.5. The number of urea groups is 1. The van der Waals surface area contributed by atoms with Crippen molar-refractivity contribution >= 4 is 35.2 Å². The fraction of sp³-hybridized carbons (Fsp3) is 0.381. The van der Waals surface area contributed by atoms with E-state index in [0.717, 1.165) is 42.0 Å². The molecule has 0 aliphatic carbocycles. The Balaban J connectivity index is 0.00000272. The van der Waals surface area contributed by atoms with Gasteiger partial charge < -0.3 is 25.1 Å². The first-order valence-corrected chi connectivity index (χ1v) is 9.87. The number of fused-ring (bicyclic) bond motifs is 1. The zero-order valence-corrected chi connectivity index (χ0v) is 18.5. The number of carbonyl (C=O) groups excluding carboxylic acids is 1. The molecular weight excluding hydrogens is 420 g/mol. The summed E-state index contributed by atoms with van der Waals surface area (Å²) in [4.78, 5) is 27.0. The van der Waals surface area contributed by atoms with Crippen LogP contribution in [0.4, 0.5) is 10.5 Å². The van der Waals surface area contributed by atoms with Crippen molar-refractivity contribution in [1.82, 2.24) is 25.2 Å². The van der Waals surface area contributed by atoms with E-state index in [2.05, 4.69) is 32.5 Å². The van der Waals surface area contributed by atoms with Gasteiger partial charge >= 0.3 is 6.03 Å². The number of carbonyl (C=O) groups is 1. The minimum Gasteiger partial charge on any atom is -0.497 e. The van der Waals surface area contributed by atoms with Crippen LogP contribution in [0, 0.1) is 0 Å². The number of hydrogen-bond acceptors (Lipinski definition) is 6. The van der Waals surface area contributed by atoms with E-state index in [-0.39, 0.29) is 30.5 Å². The van der Waals surface area contributed by atoms with Gasteiger partial charge in [0, 0.05) is 24.7 Å². The molecule has 1 fully saturated rings. The summed E-state index contributed by atoms with van der Waals surface area (Å²) in [5.74, 6) is 2.19. The highest BCUT2D eigenvalue weighted by Crippen LogP contribution is 2.30. The van der Waals surface area contributed by atoms with Crippen molar-refractivity contribution in [2.24, 2.45) is 0 Å². The molecule has 0 saturated carbocycles. The molecule has 1 aromatic carbocycles. The summed E-state index contributed by atoms with van der Waals surface area (Å²) in [6, 6.07) is 9.14. The molecule has 3 N–H and O–H groups in total. The van der Waals surface area contributed by atoms with Crippen molar-refractivity contribution in [2.75, 3.05) is 33.1 Å². The maximum absolute atomic E-state index is 12.4. The van der Waals surface area contributed by atoms with E-state index in [4.69, 9.17) is 14.5 Å². The third-order valence-electron chi connectivity index (χ3n) is 5.43. The quantitative estimate of drug-likeness (QED) is 0.555. The molecule has 2 atom stereocenters. The lowest BCUT2D eigenvalue weighted by molar-refractivity contribution is 0.153. The molecule has 3 heterocycles. The smallest absolute Gasteiger partial charge is 0.319 e. The molecule has 1 aliphatic rings. The number of imidazole rings is 1. The minimum absolute atomic E-state index is 0. The zero-order chi connectivity index (χ0) is 21.1. The number of pyridine rings is 1. The number of aromatic amines is 1. The van der Waals surface area contributed by atoms with Crippen LogP contribution in [0.15, 0.2) is 36.5 Å². The molecule has 2 aromatic heterocycles. The van der Waals surface area contributed by atoms with Gasteiger partial charge in [-0.1, -0.05) is 0 Å². The molecule has 0 bridgehead atoms. The number of H-pyrrole nitrogens is 1. The van der Waals surface area contributed by atoms with Crippen molar-refractivity contribution in [3.63, 3.8) is 0 Å². The Hall–Kier alpha value is -3.04. The van der Waals surface area contributed by atoms with E-state index in [1.807, 2.05) is 18.2 Å². The molecule has 166 valence electrons. The molecule has 0 spiro atoms. The van der Waals surface area contributed by atoms with Crippen molar-refractivity contribution < 1.29 is 14.3 Å². The van der Waals surface area contributed by atoms with Crippen LogP contribution in [-0.2, 0) is 0 Å². The summed E-state index contributed by atoms with van der Waals surface area (Å²) in [7, 11) is 5.28. The summed E-state index contributed by atoms with van der Waals surface area (Å²) in [6.45, 7) is 0.861. The third-order valence-corrected chi connectivity index (χ3v) is 5.43. The number of benzene rings is 1. The van der Waals surface area contributed by atoms with Crippen molar-refractivity contribution in [3.8, 4) is 11.6 Å². The maximum Gasteiger partial charge on any atom is 0.319 e. The lowest BCUT2D eigenvalue weighted by Crippen LogP contribution is -2.46. The van der Waals surface area contributed by atoms with Crippen molar-refractivity contribution in [1.29, 1.82) is 0 Å². The van der Waals surface area contributed by atoms with Crippen LogP contribution in [-0.4, -0.2) is 59.7 Å². The van der Waals surface area contributed by atoms with Crippen LogP contribution in [0.3, 0.4) is 0 Å². The lowest BCUT2D eigenvalue weighted by Gasteiger charge is -2.36. The van der Waals surface area contributed by atoms with E-state index < -0.39 is 0 Å². The molecule has 4 rings (SSSR count). The first-order valence-electron chi connectivity index (χ1n) is 9.87. The van der Waals surface area contributed by atoms with Crippen LogP contribution in [0.5, 0.6) is 11.6 Å². The summed E-state index contributed by atoms with van der Waals surface area (Å²) in [6.07, 6.45) is 3.20. The van der Waals surface area contributed by atoms with Crippen LogP contribution in [0.2, 0.25) is 0 Å². The van der Waals surface area contributed by atoms with Crippen LogP contribution >= 0.6 is 12.4 Å². The number of nitrogens with zero attached hydrogens (tertiary/aromatic N) is 3. The first kappa shape index (κ1) is 22.6. The summed E-state index contributed by atoms with van der Waals surface area (Å²) in [5.41, 5.74) is 2.46. The van der Waals surface area contributed by atoms with Crippen LogP contribution < -0.4 is 20.1 Å². The zero-order valence-electron chi connectivity index (χ0n) is 17.7. The van der Waals surface area contributed by atoms with Crippen molar-refractivity contribution in [3.05, 3.63) is 42.4 Å². The molecule has 1 saturated heterocycles. The highest BCUT2D eigenvalue weighted by Gasteiger charge is 2.30. The van der Waals surface area contributed by atoms with Gasteiger partial charge in [0.15, 0.2) is 0 Å². The van der Waals surface area contributed by atoms with Gasteiger partial charge in [-0.15, -0.1) is 12.4 Å².